The molecule has 0 atom stereocenters. The van der Waals surface area contributed by atoms with Gasteiger partial charge in [-0.3, -0.25) is 9.98 Å². The van der Waals surface area contributed by atoms with Crippen LogP contribution in [0.15, 0.2) is 9.98 Å². The molecule has 0 amide bonds. The highest BCUT2D eigenvalue weighted by Crippen LogP contribution is 2.25. The van der Waals surface area contributed by atoms with Crippen molar-refractivity contribution in [1.29, 1.82) is 0 Å². The number of aliphatic imine (C=N–C) groups is 2. The highest BCUT2D eigenvalue weighted by molar-refractivity contribution is 7.45. The molecule has 5 N–H and O–H groups in total. The predicted molar refractivity (Wildman–Crippen MR) is 57.0 cm³/mol. The lowest BCUT2D eigenvalue weighted by molar-refractivity contribution is 0.275. The van der Waals surface area contributed by atoms with E-state index in [0.29, 0.717) is 0 Å². The van der Waals surface area contributed by atoms with Gasteiger partial charge in [-0.1, -0.05) is 0 Å². The van der Waals surface area contributed by atoms with Crippen molar-refractivity contribution in [3.63, 3.8) is 0 Å². The van der Waals surface area contributed by atoms with Crippen LogP contribution in [0.5, 0.6) is 0 Å². The summed E-state index contributed by atoms with van der Waals surface area (Å²) in [5.74, 6) is 0. The van der Waals surface area contributed by atoms with Gasteiger partial charge in [-0.05, 0) is 0 Å². The molecule has 2 rings (SSSR count). The minimum Gasteiger partial charge on any atom is -0.375 e. The molecule has 88 valence electrons. The van der Waals surface area contributed by atoms with Gasteiger partial charge in [-0.2, -0.15) is 0 Å². The van der Waals surface area contributed by atoms with Crippen molar-refractivity contribution in [3.8, 4) is 0 Å². The second-order valence-electron chi connectivity index (χ2n) is 2.49. The SMILES string of the molecule is C1=NCCN1.C1=NCCN1.O=P(O)(O)O. The third-order valence-corrected chi connectivity index (χ3v) is 1.14. The Morgan fingerprint density at radius 1 is 1.00 bits per heavy atom. The number of nitrogens with one attached hydrogen (secondary N) is 2. The fourth-order valence-electron chi connectivity index (χ4n) is 0.645. The van der Waals surface area contributed by atoms with Gasteiger partial charge in [0.2, 0.25) is 0 Å². The topological polar surface area (TPSA) is 127 Å². The predicted octanol–water partition coefficient (Wildman–Crippen LogP) is -1.69. The largest absolute Gasteiger partial charge is 0.466 e. The zero-order valence-electron chi connectivity index (χ0n) is 8.07. The Bertz CT molecular complexity index is 215. The molecule has 2 heterocycles. The Morgan fingerprint density at radius 3 is 1.40 bits per heavy atom. The van der Waals surface area contributed by atoms with Crippen molar-refractivity contribution in [1.82, 2.24) is 10.6 Å². The average molecular weight is 238 g/mol. The van der Waals surface area contributed by atoms with Crippen LogP contribution in [0.1, 0.15) is 0 Å². The first kappa shape index (κ1) is 14.1. The van der Waals surface area contributed by atoms with Gasteiger partial charge in [-0.25, -0.2) is 4.57 Å². The lowest BCUT2D eigenvalue weighted by Gasteiger charge is -1.82. The van der Waals surface area contributed by atoms with Crippen LogP contribution in [-0.2, 0) is 4.57 Å². The molecule has 0 spiro atoms. The molecule has 0 fully saturated rings. The summed E-state index contributed by atoms with van der Waals surface area (Å²) >= 11 is 0. The van der Waals surface area contributed by atoms with Gasteiger partial charge < -0.3 is 25.3 Å². The molecule has 0 aliphatic carbocycles. The molecule has 0 aromatic carbocycles. The van der Waals surface area contributed by atoms with Crippen LogP contribution >= 0.6 is 7.82 Å². The van der Waals surface area contributed by atoms with Crippen molar-refractivity contribution in [2.45, 2.75) is 0 Å². The van der Waals surface area contributed by atoms with Crippen LogP contribution in [-0.4, -0.2) is 53.5 Å². The van der Waals surface area contributed by atoms with Crippen LogP contribution in [0.3, 0.4) is 0 Å². The van der Waals surface area contributed by atoms with Crippen molar-refractivity contribution in [3.05, 3.63) is 0 Å². The Kier molecular flexibility index (Phi) is 7.84. The lowest BCUT2D eigenvalue weighted by Crippen LogP contribution is -2.04. The average Bonchev–Trinajstić information content (AvgIpc) is 2.81. The first-order valence-electron chi connectivity index (χ1n) is 4.22. The third-order valence-electron chi connectivity index (χ3n) is 1.14. The molecule has 8 nitrogen and oxygen atoms in total. The summed E-state index contributed by atoms with van der Waals surface area (Å²) < 4.78 is 8.88. The standard InChI is InChI=1S/2C3H6N2.H3O4P/c2*1-2-5-3-4-1;1-5(2,3)4/h2*3H,1-2H2,(H,4,5);(H3,1,2,3,4). The molecule has 0 saturated carbocycles. The van der Waals surface area contributed by atoms with Crippen molar-refractivity contribution in [2.75, 3.05) is 26.2 Å². The molecule has 0 aromatic heterocycles. The van der Waals surface area contributed by atoms with E-state index in [2.05, 4.69) is 20.6 Å². The fourth-order valence-corrected chi connectivity index (χ4v) is 0.645. The maximum atomic E-state index is 8.88. The van der Waals surface area contributed by atoms with E-state index in [1.165, 1.54) is 0 Å². The Hall–Kier alpha value is -0.950. The van der Waals surface area contributed by atoms with Gasteiger partial charge in [0.25, 0.3) is 0 Å². The zero-order valence-corrected chi connectivity index (χ0v) is 8.97. The Balaban J connectivity index is 0.000000196. The minimum absolute atomic E-state index is 0.958. The number of nitrogens with zero attached hydrogens (tertiary/aromatic N) is 2. The zero-order chi connectivity index (χ0) is 11.6. The van der Waals surface area contributed by atoms with E-state index < -0.39 is 7.82 Å². The van der Waals surface area contributed by atoms with Gasteiger partial charge >= 0.3 is 7.82 Å². The van der Waals surface area contributed by atoms with E-state index in [1.807, 2.05) is 0 Å². The highest BCUT2D eigenvalue weighted by atomic mass is 31.2. The van der Waals surface area contributed by atoms with Crippen LogP contribution in [0.4, 0.5) is 0 Å². The minimum atomic E-state index is -4.64. The smallest absolute Gasteiger partial charge is 0.375 e. The monoisotopic (exact) mass is 238 g/mol. The maximum Gasteiger partial charge on any atom is 0.466 e. The normalized spacial score (nSPS) is 16.7. The number of phosphoric acid groups is 1. The first-order valence-corrected chi connectivity index (χ1v) is 5.78. The Labute approximate surface area is 87.4 Å². The summed E-state index contributed by atoms with van der Waals surface area (Å²) in [5, 5.41) is 5.86. The molecule has 0 radical (unpaired) electrons. The lowest BCUT2D eigenvalue weighted by atomic mass is 10.7. The number of rotatable bonds is 0. The molecule has 2 aliphatic rings. The van der Waals surface area contributed by atoms with Crippen LogP contribution in [0.2, 0.25) is 0 Å². The van der Waals surface area contributed by atoms with E-state index in [4.69, 9.17) is 19.2 Å². The summed E-state index contributed by atoms with van der Waals surface area (Å²) in [5.41, 5.74) is 0. The van der Waals surface area contributed by atoms with Crippen molar-refractivity contribution < 1.29 is 19.2 Å². The maximum absolute atomic E-state index is 8.88. The van der Waals surface area contributed by atoms with Gasteiger partial charge in [-0.15, -0.1) is 0 Å². The molecule has 0 unspecified atom stereocenters. The number of hydrogen-bond donors (Lipinski definition) is 5. The quantitative estimate of drug-likeness (QED) is 0.320. The number of hydrogen-bond acceptors (Lipinski definition) is 5. The molecule has 15 heavy (non-hydrogen) atoms. The van der Waals surface area contributed by atoms with Crippen molar-refractivity contribution in [2.24, 2.45) is 9.98 Å². The Morgan fingerprint density at radius 2 is 1.33 bits per heavy atom. The van der Waals surface area contributed by atoms with Crippen LogP contribution in [0, 0.1) is 0 Å². The van der Waals surface area contributed by atoms with Gasteiger partial charge in [0, 0.05) is 13.1 Å². The van der Waals surface area contributed by atoms with Gasteiger partial charge in [0.1, 0.15) is 0 Å². The van der Waals surface area contributed by atoms with Gasteiger partial charge in [0.15, 0.2) is 0 Å². The summed E-state index contributed by atoms with van der Waals surface area (Å²) in [6.07, 6.45) is 3.47. The van der Waals surface area contributed by atoms with Crippen LogP contribution < -0.4 is 10.6 Å². The summed E-state index contributed by atoms with van der Waals surface area (Å²) in [6.45, 7) is 3.97. The van der Waals surface area contributed by atoms with E-state index in [1.54, 1.807) is 12.7 Å². The first-order chi connectivity index (χ1) is 7.00. The fraction of sp³-hybridized carbons (Fsp3) is 0.667. The third kappa shape index (κ3) is 19.5. The van der Waals surface area contributed by atoms with E-state index in [-0.39, 0.29) is 0 Å². The molecule has 2 aliphatic heterocycles. The van der Waals surface area contributed by atoms with Crippen LogP contribution in [0.25, 0.3) is 0 Å². The summed E-state index contributed by atoms with van der Waals surface area (Å²) in [4.78, 5) is 29.3. The molecule has 9 heteroatoms. The molecular weight excluding hydrogens is 223 g/mol. The molecule has 0 aromatic rings. The van der Waals surface area contributed by atoms with Gasteiger partial charge in [0.05, 0.1) is 25.8 Å². The second kappa shape index (κ2) is 8.37. The summed E-state index contributed by atoms with van der Waals surface area (Å²) in [7, 11) is -4.64. The van der Waals surface area contributed by atoms with E-state index in [0.717, 1.165) is 26.2 Å². The van der Waals surface area contributed by atoms with E-state index in [9.17, 15) is 0 Å². The highest BCUT2D eigenvalue weighted by Gasteiger charge is 2.00. The summed E-state index contributed by atoms with van der Waals surface area (Å²) in [6, 6.07) is 0. The van der Waals surface area contributed by atoms with E-state index >= 15 is 0 Å². The molecular formula is C6H15N4O4P. The second-order valence-corrected chi connectivity index (χ2v) is 3.52. The van der Waals surface area contributed by atoms with Crippen molar-refractivity contribution >= 4 is 20.5 Å². The molecule has 0 saturated heterocycles. The molecule has 0 bridgehead atoms.